The number of hydrogen-bond acceptors (Lipinski definition) is 3. The van der Waals surface area contributed by atoms with Crippen LogP contribution in [0.15, 0.2) is 48.5 Å². The minimum atomic E-state index is -0.363. The summed E-state index contributed by atoms with van der Waals surface area (Å²) in [5.74, 6) is -0.463. The van der Waals surface area contributed by atoms with E-state index in [9.17, 15) is 14.0 Å². The molecule has 4 nitrogen and oxygen atoms in total. The van der Waals surface area contributed by atoms with Crippen LogP contribution in [0.25, 0.3) is 0 Å². The van der Waals surface area contributed by atoms with Crippen LogP contribution in [0.1, 0.15) is 18.5 Å². The quantitative estimate of drug-likeness (QED) is 0.762. The molecule has 0 bridgehead atoms. The van der Waals surface area contributed by atoms with Crippen LogP contribution < -0.4 is 10.6 Å². The maximum absolute atomic E-state index is 12.8. The molecule has 25 heavy (non-hydrogen) atoms. The van der Waals surface area contributed by atoms with Gasteiger partial charge in [-0.1, -0.05) is 23.7 Å². The van der Waals surface area contributed by atoms with Crippen LogP contribution in [0.5, 0.6) is 0 Å². The molecule has 0 aliphatic carbocycles. The van der Waals surface area contributed by atoms with Gasteiger partial charge in [0.1, 0.15) is 5.82 Å². The lowest BCUT2D eigenvalue weighted by Crippen LogP contribution is -2.28. The van der Waals surface area contributed by atoms with Gasteiger partial charge in [-0.3, -0.25) is 9.59 Å². The van der Waals surface area contributed by atoms with Crippen molar-refractivity contribution in [2.45, 2.75) is 13.0 Å². The second kappa shape index (κ2) is 9.44. The molecular formula is C18H18ClFN2O2S. The fraction of sp³-hybridized carbons (Fsp3) is 0.222. The predicted octanol–water partition coefficient (Wildman–Crippen LogP) is 4.03. The van der Waals surface area contributed by atoms with E-state index in [1.807, 2.05) is 19.1 Å². The van der Waals surface area contributed by atoms with Gasteiger partial charge in [-0.2, -0.15) is 0 Å². The number of halogens is 2. The molecule has 0 saturated carbocycles. The standard InChI is InChI=1S/C18H18ClFN2O2S/c1-12(13-3-2-4-14(19)9-13)21-17(23)10-25-11-18(24)22-16-7-5-15(20)6-8-16/h2-9,12H,10-11H2,1H3,(H,21,23)(H,22,24). The average Bonchev–Trinajstić information content (AvgIpc) is 2.57. The van der Waals surface area contributed by atoms with Gasteiger partial charge in [0.05, 0.1) is 17.5 Å². The van der Waals surface area contributed by atoms with Gasteiger partial charge >= 0.3 is 0 Å². The molecule has 1 unspecified atom stereocenters. The second-order valence-corrected chi connectivity index (χ2v) is 6.81. The molecule has 2 amide bonds. The summed E-state index contributed by atoms with van der Waals surface area (Å²) in [5.41, 5.74) is 1.44. The number of thioether (sulfide) groups is 1. The van der Waals surface area contributed by atoms with Crippen molar-refractivity contribution in [3.63, 3.8) is 0 Å². The minimum Gasteiger partial charge on any atom is -0.349 e. The molecule has 0 aliphatic heterocycles. The Balaban J connectivity index is 1.71. The van der Waals surface area contributed by atoms with E-state index in [1.54, 1.807) is 12.1 Å². The van der Waals surface area contributed by atoms with E-state index >= 15 is 0 Å². The minimum absolute atomic E-state index is 0.135. The Bertz CT molecular complexity index is 740. The Kier molecular flexibility index (Phi) is 7.28. The van der Waals surface area contributed by atoms with E-state index in [1.165, 1.54) is 36.0 Å². The summed E-state index contributed by atoms with van der Waals surface area (Å²) in [6, 6.07) is 12.6. The van der Waals surface area contributed by atoms with Gasteiger partial charge in [0.2, 0.25) is 11.8 Å². The molecule has 0 fully saturated rings. The summed E-state index contributed by atoms with van der Waals surface area (Å²) >= 11 is 7.14. The third-order valence-electron chi connectivity index (χ3n) is 3.32. The number of amides is 2. The fourth-order valence-corrected chi connectivity index (χ4v) is 2.94. The summed E-state index contributed by atoms with van der Waals surface area (Å²) in [6.07, 6.45) is 0. The Hall–Kier alpha value is -2.05. The first-order valence-corrected chi connectivity index (χ1v) is 9.15. The van der Waals surface area contributed by atoms with Crippen LogP contribution in [0.3, 0.4) is 0 Å². The highest BCUT2D eigenvalue weighted by molar-refractivity contribution is 8.00. The van der Waals surface area contributed by atoms with Crippen LogP contribution >= 0.6 is 23.4 Å². The van der Waals surface area contributed by atoms with Crippen LogP contribution in [0.2, 0.25) is 5.02 Å². The molecule has 0 spiro atoms. The molecule has 2 rings (SSSR count). The maximum Gasteiger partial charge on any atom is 0.234 e. The van der Waals surface area contributed by atoms with Crippen molar-refractivity contribution < 1.29 is 14.0 Å². The smallest absolute Gasteiger partial charge is 0.234 e. The number of nitrogens with one attached hydrogen (secondary N) is 2. The molecule has 0 aliphatic rings. The summed E-state index contributed by atoms with van der Waals surface area (Å²) in [4.78, 5) is 23.7. The molecule has 0 saturated heterocycles. The number of anilines is 1. The molecule has 0 aromatic heterocycles. The van der Waals surface area contributed by atoms with Crippen molar-refractivity contribution in [3.05, 3.63) is 64.9 Å². The first kappa shape index (κ1) is 19.3. The Morgan fingerprint density at radius 2 is 1.80 bits per heavy atom. The monoisotopic (exact) mass is 380 g/mol. The van der Waals surface area contributed by atoms with E-state index in [2.05, 4.69) is 10.6 Å². The largest absolute Gasteiger partial charge is 0.349 e. The van der Waals surface area contributed by atoms with Crippen molar-refractivity contribution in [3.8, 4) is 0 Å². The van der Waals surface area contributed by atoms with E-state index < -0.39 is 0 Å². The van der Waals surface area contributed by atoms with Crippen LogP contribution in [-0.4, -0.2) is 23.3 Å². The number of carbonyl (C=O) groups excluding carboxylic acids is 2. The van der Waals surface area contributed by atoms with Crippen molar-refractivity contribution in [2.24, 2.45) is 0 Å². The lowest BCUT2D eigenvalue weighted by molar-refractivity contribution is -0.119. The molecular weight excluding hydrogens is 363 g/mol. The van der Waals surface area contributed by atoms with Gasteiger partial charge in [0, 0.05) is 10.7 Å². The summed E-state index contributed by atoms with van der Waals surface area (Å²) in [6.45, 7) is 1.87. The topological polar surface area (TPSA) is 58.2 Å². The number of hydrogen-bond donors (Lipinski definition) is 2. The highest BCUT2D eigenvalue weighted by Crippen LogP contribution is 2.17. The highest BCUT2D eigenvalue weighted by atomic mass is 35.5. The zero-order valence-electron chi connectivity index (χ0n) is 13.6. The zero-order chi connectivity index (χ0) is 18.2. The summed E-state index contributed by atoms with van der Waals surface area (Å²) in [7, 11) is 0. The van der Waals surface area contributed by atoms with Crippen molar-refractivity contribution in [1.82, 2.24) is 5.32 Å². The van der Waals surface area contributed by atoms with Crippen LogP contribution in [0.4, 0.5) is 10.1 Å². The molecule has 2 N–H and O–H groups in total. The van der Waals surface area contributed by atoms with E-state index in [4.69, 9.17) is 11.6 Å². The Morgan fingerprint density at radius 1 is 1.12 bits per heavy atom. The number of rotatable bonds is 7. The number of carbonyl (C=O) groups is 2. The van der Waals surface area contributed by atoms with Gasteiger partial charge in [0.25, 0.3) is 0 Å². The van der Waals surface area contributed by atoms with Gasteiger partial charge in [-0.15, -0.1) is 11.8 Å². The lowest BCUT2D eigenvalue weighted by atomic mass is 10.1. The molecule has 1 atom stereocenters. The van der Waals surface area contributed by atoms with Gasteiger partial charge in [-0.25, -0.2) is 4.39 Å². The average molecular weight is 381 g/mol. The fourth-order valence-electron chi connectivity index (χ4n) is 2.11. The van der Waals surface area contributed by atoms with Crippen molar-refractivity contribution in [2.75, 3.05) is 16.8 Å². The highest BCUT2D eigenvalue weighted by Gasteiger charge is 2.11. The van der Waals surface area contributed by atoms with Crippen molar-refractivity contribution >= 4 is 40.9 Å². The molecule has 2 aromatic carbocycles. The molecule has 7 heteroatoms. The first-order chi connectivity index (χ1) is 11.9. The van der Waals surface area contributed by atoms with E-state index in [0.717, 1.165) is 5.56 Å². The maximum atomic E-state index is 12.8. The SMILES string of the molecule is CC(NC(=O)CSCC(=O)Nc1ccc(F)cc1)c1cccc(Cl)c1. The molecule has 0 radical (unpaired) electrons. The predicted molar refractivity (Wildman–Crippen MR) is 100 cm³/mol. The van der Waals surface area contributed by atoms with Crippen molar-refractivity contribution in [1.29, 1.82) is 0 Å². The molecule has 0 heterocycles. The first-order valence-electron chi connectivity index (χ1n) is 7.62. The molecule has 2 aromatic rings. The number of benzene rings is 2. The normalized spacial score (nSPS) is 11.6. The Labute approximate surface area is 155 Å². The van der Waals surface area contributed by atoms with E-state index in [-0.39, 0.29) is 35.2 Å². The van der Waals surface area contributed by atoms with Gasteiger partial charge in [-0.05, 0) is 48.9 Å². The van der Waals surface area contributed by atoms with Crippen LogP contribution in [-0.2, 0) is 9.59 Å². The summed E-state index contributed by atoms with van der Waals surface area (Å²) in [5, 5.41) is 6.12. The second-order valence-electron chi connectivity index (χ2n) is 5.39. The van der Waals surface area contributed by atoms with Gasteiger partial charge < -0.3 is 10.6 Å². The lowest BCUT2D eigenvalue weighted by Gasteiger charge is -2.14. The van der Waals surface area contributed by atoms with Gasteiger partial charge in [0.15, 0.2) is 0 Å². The third-order valence-corrected chi connectivity index (χ3v) is 4.49. The van der Waals surface area contributed by atoms with Crippen LogP contribution in [0, 0.1) is 5.82 Å². The summed E-state index contributed by atoms with van der Waals surface area (Å²) < 4.78 is 12.8. The third kappa shape index (κ3) is 6.76. The molecule has 132 valence electrons. The van der Waals surface area contributed by atoms with E-state index in [0.29, 0.717) is 10.7 Å². The Morgan fingerprint density at radius 3 is 2.48 bits per heavy atom. The zero-order valence-corrected chi connectivity index (χ0v) is 15.2.